The van der Waals surface area contributed by atoms with Gasteiger partial charge in [0.25, 0.3) is 5.69 Å². The summed E-state index contributed by atoms with van der Waals surface area (Å²) < 4.78 is 5.06. The van der Waals surface area contributed by atoms with Gasteiger partial charge in [-0.05, 0) is 41.2 Å². The van der Waals surface area contributed by atoms with E-state index in [1.807, 2.05) is 25.1 Å². The first kappa shape index (κ1) is 18.1. The van der Waals surface area contributed by atoms with E-state index < -0.39 is 10.3 Å². The predicted molar refractivity (Wildman–Crippen MR) is 99.8 cm³/mol. The van der Waals surface area contributed by atoms with Crippen molar-refractivity contribution < 1.29 is 14.5 Å². The van der Waals surface area contributed by atoms with E-state index in [0.29, 0.717) is 11.4 Å². The van der Waals surface area contributed by atoms with Crippen LogP contribution in [0.5, 0.6) is 0 Å². The maximum absolute atomic E-state index is 12.5. The molecule has 0 aliphatic heterocycles. The molecule has 26 heavy (non-hydrogen) atoms. The van der Waals surface area contributed by atoms with Gasteiger partial charge >= 0.3 is 5.97 Å². The Labute approximate surface area is 156 Å². The number of nitro groups is 1. The molecule has 0 radical (unpaired) electrons. The first-order valence-electron chi connectivity index (χ1n) is 8.18. The summed E-state index contributed by atoms with van der Waals surface area (Å²) in [5.41, 5.74) is 2.11. The van der Waals surface area contributed by atoms with Crippen molar-refractivity contribution in [3.63, 3.8) is 0 Å². The van der Waals surface area contributed by atoms with Gasteiger partial charge in [0.2, 0.25) is 0 Å². The summed E-state index contributed by atoms with van der Waals surface area (Å²) in [5, 5.41) is 11.5. The number of hydrogen-bond donors (Lipinski definition) is 0. The molecule has 5 nitrogen and oxygen atoms in total. The molecule has 2 aromatic carbocycles. The Kier molecular flexibility index (Phi) is 4.83. The van der Waals surface area contributed by atoms with Crippen molar-refractivity contribution in [3.05, 3.63) is 80.4 Å². The van der Waals surface area contributed by atoms with Crippen molar-refractivity contribution in [2.75, 3.05) is 7.11 Å². The zero-order chi connectivity index (χ0) is 18.9. The molecule has 2 atom stereocenters. The van der Waals surface area contributed by atoms with E-state index >= 15 is 0 Å². The van der Waals surface area contributed by atoms with Gasteiger partial charge in [0, 0.05) is 17.2 Å². The number of halogens is 1. The molecule has 0 amide bonds. The lowest BCUT2D eigenvalue weighted by Gasteiger charge is -2.13. The number of esters is 1. The first-order chi connectivity index (χ1) is 12.4. The fourth-order valence-corrected chi connectivity index (χ4v) is 3.55. The normalized spacial score (nSPS) is 22.9. The number of non-ortho nitro benzene ring substituents is 1. The van der Waals surface area contributed by atoms with Gasteiger partial charge in [-0.3, -0.25) is 14.9 Å². The monoisotopic (exact) mass is 371 g/mol. The summed E-state index contributed by atoms with van der Waals surface area (Å²) in [6.07, 6.45) is 2.43. The molecule has 1 saturated carbocycles. The minimum Gasteiger partial charge on any atom is -0.468 e. The zero-order valence-corrected chi connectivity index (χ0v) is 15.2. The molecule has 2 aromatic rings. The Bertz CT molecular complexity index is 874. The van der Waals surface area contributed by atoms with Crippen molar-refractivity contribution in [1.29, 1.82) is 0 Å². The lowest BCUT2D eigenvalue weighted by Crippen LogP contribution is -2.22. The lowest BCUT2D eigenvalue weighted by atomic mass is 9.93. The van der Waals surface area contributed by atoms with Crippen LogP contribution in [0.25, 0.3) is 6.08 Å². The number of rotatable bonds is 5. The van der Waals surface area contributed by atoms with Crippen molar-refractivity contribution in [2.24, 2.45) is 11.3 Å². The number of methoxy groups -OCH3 is 1. The van der Waals surface area contributed by atoms with E-state index in [4.69, 9.17) is 16.3 Å². The van der Waals surface area contributed by atoms with E-state index in [9.17, 15) is 14.9 Å². The molecule has 1 fully saturated rings. The van der Waals surface area contributed by atoms with Gasteiger partial charge in [0.1, 0.15) is 0 Å². The Morgan fingerprint density at radius 2 is 1.85 bits per heavy atom. The highest BCUT2D eigenvalue weighted by Gasteiger charge is 2.63. The van der Waals surface area contributed by atoms with E-state index in [1.165, 1.54) is 19.2 Å². The molecule has 0 bridgehead atoms. The Morgan fingerprint density at radius 1 is 1.23 bits per heavy atom. The molecule has 0 N–H and O–H groups in total. The highest BCUT2D eigenvalue weighted by atomic mass is 35.5. The minimum atomic E-state index is -0.732. The van der Waals surface area contributed by atoms with Gasteiger partial charge < -0.3 is 4.74 Å². The van der Waals surface area contributed by atoms with Crippen LogP contribution in [0.15, 0.2) is 54.1 Å². The third kappa shape index (κ3) is 3.22. The second-order valence-electron chi connectivity index (χ2n) is 6.44. The molecular weight excluding hydrogens is 354 g/mol. The number of carbonyl (C=O) groups is 1. The summed E-state index contributed by atoms with van der Waals surface area (Å²) in [4.78, 5) is 22.9. The minimum absolute atomic E-state index is 0.0285. The Balaban J connectivity index is 1.91. The number of ether oxygens (including phenoxy) is 1. The molecule has 134 valence electrons. The molecule has 0 aromatic heterocycles. The maximum Gasteiger partial charge on any atom is 0.316 e. The second kappa shape index (κ2) is 6.92. The van der Waals surface area contributed by atoms with E-state index in [2.05, 4.69) is 0 Å². The SMILES string of the molecule is COC(=O)[C@@]1(Cc2ccc([N+](=O)[O-])cc2)/C(=C\c2ccc(Cl)cc2)[C@H]1C. The van der Waals surface area contributed by atoms with Gasteiger partial charge in [0.15, 0.2) is 0 Å². The van der Waals surface area contributed by atoms with E-state index in [0.717, 1.165) is 16.7 Å². The standard InChI is InChI=1S/C20H18ClNO4/c1-13-18(11-14-3-7-16(21)8-4-14)20(13,19(23)26-2)12-15-5-9-17(10-6-15)22(24)25/h3-11,13H,12H2,1-2H3/b18-11-/t13-,20-/m1/s1. The number of carbonyl (C=O) groups excluding carboxylic acids is 1. The lowest BCUT2D eigenvalue weighted by molar-refractivity contribution is -0.384. The smallest absolute Gasteiger partial charge is 0.316 e. The number of nitrogens with zero attached hydrogens (tertiary/aromatic N) is 1. The van der Waals surface area contributed by atoms with Crippen molar-refractivity contribution in [2.45, 2.75) is 13.3 Å². The van der Waals surface area contributed by atoms with Crippen LogP contribution in [0.1, 0.15) is 18.1 Å². The van der Waals surface area contributed by atoms with Gasteiger partial charge in [-0.25, -0.2) is 0 Å². The van der Waals surface area contributed by atoms with E-state index in [-0.39, 0.29) is 17.6 Å². The molecule has 0 heterocycles. The highest BCUT2D eigenvalue weighted by Crippen LogP contribution is 2.61. The number of nitro benzene ring substituents is 1. The maximum atomic E-state index is 12.5. The Hall–Kier alpha value is -2.66. The van der Waals surface area contributed by atoms with Crippen LogP contribution in [0.4, 0.5) is 5.69 Å². The predicted octanol–water partition coefficient (Wildman–Crippen LogP) is 4.68. The first-order valence-corrected chi connectivity index (χ1v) is 8.55. The Morgan fingerprint density at radius 3 is 2.38 bits per heavy atom. The molecule has 1 aliphatic rings. The third-order valence-electron chi connectivity index (χ3n) is 5.01. The summed E-state index contributed by atoms with van der Waals surface area (Å²) in [5.74, 6) is -0.260. The van der Waals surface area contributed by atoms with Crippen molar-refractivity contribution in [1.82, 2.24) is 0 Å². The van der Waals surface area contributed by atoms with Crippen LogP contribution in [0.2, 0.25) is 5.02 Å². The van der Waals surface area contributed by atoms with Crippen LogP contribution < -0.4 is 0 Å². The largest absolute Gasteiger partial charge is 0.468 e. The number of hydrogen-bond acceptors (Lipinski definition) is 4. The summed E-state index contributed by atoms with van der Waals surface area (Å²) in [6.45, 7) is 1.99. The third-order valence-corrected chi connectivity index (χ3v) is 5.26. The van der Waals surface area contributed by atoms with Crippen LogP contribution in [-0.4, -0.2) is 18.0 Å². The topological polar surface area (TPSA) is 69.4 Å². The highest BCUT2D eigenvalue weighted by molar-refractivity contribution is 6.30. The summed E-state index contributed by atoms with van der Waals surface area (Å²) in [7, 11) is 1.38. The molecule has 6 heteroatoms. The molecule has 1 aliphatic carbocycles. The van der Waals surface area contributed by atoms with Crippen LogP contribution in [0, 0.1) is 21.4 Å². The van der Waals surface area contributed by atoms with Crippen LogP contribution in [0.3, 0.4) is 0 Å². The second-order valence-corrected chi connectivity index (χ2v) is 6.87. The van der Waals surface area contributed by atoms with Gasteiger partial charge in [-0.15, -0.1) is 0 Å². The average Bonchev–Trinajstić information content (AvgIpc) is 3.19. The fraction of sp³-hybridized carbons (Fsp3) is 0.250. The van der Waals surface area contributed by atoms with Crippen LogP contribution in [-0.2, 0) is 16.0 Å². The summed E-state index contributed by atoms with van der Waals surface area (Å²) in [6, 6.07) is 13.7. The van der Waals surface area contributed by atoms with Gasteiger partial charge in [0.05, 0.1) is 17.4 Å². The van der Waals surface area contributed by atoms with Crippen LogP contribution >= 0.6 is 11.6 Å². The molecule has 0 unspecified atom stereocenters. The molecule has 3 rings (SSSR count). The molecular formula is C20H18ClNO4. The fourth-order valence-electron chi connectivity index (χ4n) is 3.42. The zero-order valence-electron chi connectivity index (χ0n) is 14.4. The number of benzene rings is 2. The molecule has 0 saturated heterocycles. The van der Waals surface area contributed by atoms with Crippen molar-refractivity contribution >= 4 is 29.3 Å². The molecule has 0 spiro atoms. The average molecular weight is 372 g/mol. The van der Waals surface area contributed by atoms with Crippen molar-refractivity contribution in [3.8, 4) is 0 Å². The summed E-state index contributed by atoms with van der Waals surface area (Å²) >= 11 is 5.92. The van der Waals surface area contributed by atoms with Gasteiger partial charge in [-0.2, -0.15) is 0 Å². The van der Waals surface area contributed by atoms with E-state index in [1.54, 1.807) is 24.3 Å². The quantitative estimate of drug-likeness (QED) is 0.434. The van der Waals surface area contributed by atoms with Gasteiger partial charge in [-0.1, -0.05) is 48.9 Å².